The van der Waals surface area contributed by atoms with Crippen molar-refractivity contribution < 1.29 is 4.79 Å². The number of aromatic nitrogens is 4. The summed E-state index contributed by atoms with van der Waals surface area (Å²) < 4.78 is 0. The van der Waals surface area contributed by atoms with Gasteiger partial charge < -0.3 is 20.9 Å². The molecule has 1 aliphatic carbocycles. The van der Waals surface area contributed by atoms with Gasteiger partial charge in [0.2, 0.25) is 11.9 Å². The van der Waals surface area contributed by atoms with Crippen molar-refractivity contribution in [3.63, 3.8) is 0 Å². The highest BCUT2D eigenvalue weighted by atomic mass is 16.1. The fraction of sp³-hybridized carbons (Fsp3) is 0.217. The van der Waals surface area contributed by atoms with E-state index in [-0.39, 0.29) is 5.91 Å². The van der Waals surface area contributed by atoms with E-state index in [9.17, 15) is 4.79 Å². The van der Waals surface area contributed by atoms with Crippen LogP contribution in [0.25, 0.3) is 22.2 Å². The molecular formula is C23H21N7O. The standard InChI is InChI=1S/C23H21N7O/c31-18-7-4-14-2-1-3-17(20(14)28-18)27-23-29-21-19(22(30-23)26-15-5-6-15)16(12-25-21)13-8-10-24-11-9-13/h1-3,8-12,15H,4-7H2,(H,28,31)(H3,25,26,27,29,30). The number of hydrogen-bond acceptors (Lipinski definition) is 6. The third kappa shape index (κ3) is 3.35. The van der Waals surface area contributed by atoms with Gasteiger partial charge in [-0.2, -0.15) is 9.97 Å². The summed E-state index contributed by atoms with van der Waals surface area (Å²) in [6, 6.07) is 10.4. The van der Waals surface area contributed by atoms with Gasteiger partial charge in [-0.3, -0.25) is 9.78 Å². The maximum absolute atomic E-state index is 11.9. The van der Waals surface area contributed by atoms with Gasteiger partial charge in [0.15, 0.2) is 0 Å². The summed E-state index contributed by atoms with van der Waals surface area (Å²) in [5.41, 5.74) is 5.56. The highest BCUT2D eigenvalue weighted by molar-refractivity contribution is 6.02. The largest absolute Gasteiger partial charge is 0.367 e. The molecule has 0 unspecified atom stereocenters. The van der Waals surface area contributed by atoms with Crippen LogP contribution in [0.2, 0.25) is 0 Å². The number of carbonyl (C=O) groups is 1. The topological polar surface area (TPSA) is 108 Å². The number of H-pyrrole nitrogens is 1. The molecule has 6 rings (SSSR count). The Bertz CT molecular complexity index is 1290. The molecule has 2 aliphatic rings. The fourth-order valence-corrected chi connectivity index (χ4v) is 4.00. The van der Waals surface area contributed by atoms with Crippen LogP contribution in [0.15, 0.2) is 48.9 Å². The van der Waals surface area contributed by atoms with Gasteiger partial charge in [-0.25, -0.2) is 0 Å². The minimum Gasteiger partial charge on any atom is -0.367 e. The molecule has 1 saturated carbocycles. The van der Waals surface area contributed by atoms with Crippen LogP contribution in [0, 0.1) is 0 Å². The lowest BCUT2D eigenvalue weighted by Crippen LogP contribution is -2.20. The summed E-state index contributed by atoms with van der Waals surface area (Å²) in [5.74, 6) is 1.31. The maximum atomic E-state index is 11.9. The zero-order valence-corrected chi connectivity index (χ0v) is 16.8. The average Bonchev–Trinajstić information content (AvgIpc) is 3.50. The van der Waals surface area contributed by atoms with E-state index in [0.29, 0.717) is 18.4 Å². The zero-order valence-electron chi connectivity index (χ0n) is 16.8. The molecule has 3 aromatic heterocycles. The van der Waals surface area contributed by atoms with E-state index in [1.54, 1.807) is 12.4 Å². The number of aryl methyl sites for hydroxylation is 1. The van der Waals surface area contributed by atoms with Crippen molar-refractivity contribution in [2.24, 2.45) is 0 Å². The molecule has 4 aromatic rings. The first-order valence-corrected chi connectivity index (χ1v) is 10.5. The highest BCUT2D eigenvalue weighted by Gasteiger charge is 2.25. The molecule has 31 heavy (non-hydrogen) atoms. The Morgan fingerprint density at radius 2 is 1.90 bits per heavy atom. The van der Waals surface area contributed by atoms with Crippen LogP contribution in [0.1, 0.15) is 24.8 Å². The first kappa shape index (κ1) is 17.9. The molecule has 8 heteroatoms. The molecule has 0 spiro atoms. The quantitative estimate of drug-likeness (QED) is 0.392. The Morgan fingerprint density at radius 3 is 2.74 bits per heavy atom. The first-order valence-electron chi connectivity index (χ1n) is 10.5. The predicted octanol–water partition coefficient (Wildman–Crippen LogP) is 4.22. The van der Waals surface area contributed by atoms with Gasteiger partial charge in [0.25, 0.3) is 0 Å². The third-order valence-electron chi connectivity index (χ3n) is 5.72. The normalized spacial score (nSPS) is 15.4. The lowest BCUT2D eigenvalue weighted by molar-refractivity contribution is -0.116. The van der Waals surface area contributed by atoms with Crippen molar-refractivity contribution in [3.05, 3.63) is 54.5 Å². The molecule has 0 radical (unpaired) electrons. The van der Waals surface area contributed by atoms with E-state index in [1.165, 1.54) is 0 Å². The van der Waals surface area contributed by atoms with Crippen molar-refractivity contribution in [2.45, 2.75) is 31.7 Å². The van der Waals surface area contributed by atoms with Gasteiger partial charge in [-0.15, -0.1) is 0 Å². The number of anilines is 4. The summed E-state index contributed by atoms with van der Waals surface area (Å²) in [6.07, 6.45) is 9.05. The van der Waals surface area contributed by atoms with Crippen LogP contribution < -0.4 is 16.0 Å². The van der Waals surface area contributed by atoms with Crippen molar-refractivity contribution >= 4 is 40.1 Å². The highest BCUT2D eigenvalue weighted by Crippen LogP contribution is 2.37. The van der Waals surface area contributed by atoms with Gasteiger partial charge >= 0.3 is 0 Å². The van der Waals surface area contributed by atoms with E-state index in [2.05, 4.69) is 25.9 Å². The van der Waals surface area contributed by atoms with E-state index in [0.717, 1.165) is 64.2 Å². The van der Waals surface area contributed by atoms with E-state index in [1.807, 2.05) is 36.5 Å². The molecule has 154 valence electrons. The summed E-state index contributed by atoms with van der Waals surface area (Å²) in [4.78, 5) is 28.9. The number of aromatic amines is 1. The number of amides is 1. The molecule has 1 aromatic carbocycles. The molecule has 8 nitrogen and oxygen atoms in total. The number of carbonyl (C=O) groups excluding carboxylic acids is 1. The first-order chi connectivity index (χ1) is 15.2. The van der Waals surface area contributed by atoms with Crippen molar-refractivity contribution in [1.29, 1.82) is 0 Å². The van der Waals surface area contributed by atoms with Crippen LogP contribution in [0.4, 0.5) is 23.1 Å². The molecule has 1 aliphatic heterocycles. The van der Waals surface area contributed by atoms with Gasteiger partial charge in [0.1, 0.15) is 11.5 Å². The SMILES string of the molecule is O=C1CCc2cccc(Nc3nc(NC4CC4)c4c(-c5ccncc5)c[nH]c4n3)c2N1. The van der Waals surface area contributed by atoms with Crippen LogP contribution in [-0.4, -0.2) is 31.9 Å². The number of benzene rings is 1. The smallest absolute Gasteiger partial charge is 0.231 e. The van der Waals surface area contributed by atoms with Crippen molar-refractivity contribution in [1.82, 2.24) is 19.9 Å². The molecular weight excluding hydrogens is 390 g/mol. The zero-order chi connectivity index (χ0) is 20.8. The summed E-state index contributed by atoms with van der Waals surface area (Å²) >= 11 is 0. The second kappa shape index (κ2) is 7.09. The minimum atomic E-state index is 0.0283. The second-order valence-electron chi connectivity index (χ2n) is 7.99. The molecule has 0 bridgehead atoms. The average molecular weight is 411 g/mol. The number of para-hydroxylation sites is 1. The van der Waals surface area contributed by atoms with Crippen LogP contribution >= 0.6 is 0 Å². The number of pyridine rings is 1. The lowest BCUT2D eigenvalue weighted by atomic mass is 10.0. The van der Waals surface area contributed by atoms with Crippen LogP contribution in [-0.2, 0) is 11.2 Å². The number of fused-ring (bicyclic) bond motifs is 2. The third-order valence-corrected chi connectivity index (χ3v) is 5.72. The number of nitrogens with one attached hydrogen (secondary N) is 4. The second-order valence-corrected chi connectivity index (χ2v) is 7.99. The molecule has 0 atom stereocenters. The van der Waals surface area contributed by atoms with Gasteiger partial charge in [-0.1, -0.05) is 12.1 Å². The molecule has 4 heterocycles. The minimum absolute atomic E-state index is 0.0283. The molecule has 0 saturated heterocycles. The monoisotopic (exact) mass is 411 g/mol. The number of hydrogen-bond donors (Lipinski definition) is 4. The molecule has 1 amide bonds. The Balaban J connectivity index is 1.43. The Kier molecular flexibility index (Phi) is 4.09. The van der Waals surface area contributed by atoms with E-state index >= 15 is 0 Å². The summed E-state index contributed by atoms with van der Waals surface area (Å²) in [6.45, 7) is 0. The Hall–Kier alpha value is -3.94. The summed E-state index contributed by atoms with van der Waals surface area (Å²) in [7, 11) is 0. The molecule has 1 fully saturated rings. The number of nitrogens with zero attached hydrogens (tertiary/aromatic N) is 3. The summed E-state index contributed by atoms with van der Waals surface area (Å²) in [5, 5.41) is 10.8. The van der Waals surface area contributed by atoms with Gasteiger partial charge in [0, 0.05) is 36.6 Å². The Morgan fingerprint density at radius 1 is 1.03 bits per heavy atom. The number of rotatable bonds is 5. The predicted molar refractivity (Wildman–Crippen MR) is 120 cm³/mol. The molecule has 4 N–H and O–H groups in total. The van der Waals surface area contributed by atoms with Crippen molar-refractivity contribution in [2.75, 3.05) is 16.0 Å². The van der Waals surface area contributed by atoms with E-state index < -0.39 is 0 Å². The van der Waals surface area contributed by atoms with Gasteiger partial charge in [-0.05, 0) is 48.6 Å². The van der Waals surface area contributed by atoms with Crippen LogP contribution in [0.3, 0.4) is 0 Å². The lowest BCUT2D eigenvalue weighted by Gasteiger charge is -2.20. The maximum Gasteiger partial charge on any atom is 0.231 e. The van der Waals surface area contributed by atoms with E-state index in [4.69, 9.17) is 9.97 Å². The Labute approximate surface area is 178 Å². The van der Waals surface area contributed by atoms with Crippen molar-refractivity contribution in [3.8, 4) is 11.1 Å². The van der Waals surface area contributed by atoms with Crippen LogP contribution in [0.5, 0.6) is 0 Å². The fourth-order valence-electron chi connectivity index (χ4n) is 4.00. The van der Waals surface area contributed by atoms with Gasteiger partial charge in [0.05, 0.1) is 16.8 Å².